The first-order chi connectivity index (χ1) is 4.26. The van der Waals surface area contributed by atoms with Crippen LogP contribution in [0.2, 0.25) is 0 Å². The molecule has 0 aromatic carbocycles. The molecule has 2 unspecified atom stereocenters. The van der Waals surface area contributed by atoms with E-state index in [1.165, 1.54) is 0 Å². The van der Waals surface area contributed by atoms with Crippen LogP contribution in [0.3, 0.4) is 0 Å². The number of ether oxygens (including phenoxy) is 1. The van der Waals surface area contributed by atoms with Gasteiger partial charge in [-0.15, -0.1) is 0 Å². The number of epoxide rings is 1. The summed E-state index contributed by atoms with van der Waals surface area (Å²) in [5.74, 6) is 0. The van der Waals surface area contributed by atoms with Gasteiger partial charge < -0.3 is 4.74 Å². The third-order valence-corrected chi connectivity index (χ3v) is 3.34. The van der Waals surface area contributed by atoms with Gasteiger partial charge >= 0.3 is 7.68 Å². The molecule has 3 nitrogen and oxygen atoms in total. The molecule has 2 fully saturated rings. The maximum absolute atomic E-state index is 10.5. The molecule has 1 aliphatic carbocycles. The Morgan fingerprint density at radius 1 is 1.56 bits per heavy atom. The highest BCUT2D eigenvalue weighted by Crippen LogP contribution is 2.59. The van der Waals surface area contributed by atoms with Gasteiger partial charge in [0.1, 0.15) is 6.10 Å². The van der Waals surface area contributed by atoms with Crippen LogP contribution in [0.4, 0.5) is 0 Å². The van der Waals surface area contributed by atoms with Gasteiger partial charge in [0.05, 0.1) is 0 Å². The zero-order chi connectivity index (χ0) is 6.48. The van der Waals surface area contributed by atoms with Crippen LogP contribution in [-0.2, 0) is 13.9 Å². The Balaban J connectivity index is 2.28. The van der Waals surface area contributed by atoms with Crippen molar-refractivity contribution in [3.05, 3.63) is 0 Å². The minimum atomic E-state index is -2.33. The van der Waals surface area contributed by atoms with Crippen molar-refractivity contribution in [3.8, 4) is 0 Å². The summed E-state index contributed by atoms with van der Waals surface area (Å²) < 4.78 is 26.0. The highest BCUT2D eigenvalue weighted by Gasteiger charge is 2.64. The lowest BCUT2D eigenvalue weighted by Gasteiger charge is -1.91. The minimum absolute atomic E-state index is 0.0543. The molecule has 1 saturated carbocycles. The summed E-state index contributed by atoms with van der Waals surface area (Å²) in [5, 5.41) is -0.685. The largest absolute Gasteiger partial charge is 0.351 e. The van der Waals surface area contributed by atoms with E-state index in [-0.39, 0.29) is 6.10 Å². The van der Waals surface area contributed by atoms with Crippen molar-refractivity contribution in [2.45, 2.75) is 30.7 Å². The zero-order valence-electron chi connectivity index (χ0n) is 4.87. The molecule has 2 atom stereocenters. The van der Waals surface area contributed by atoms with E-state index >= 15 is 0 Å². The monoisotopic (exact) mass is 146 g/mol. The molecule has 0 spiro atoms. The van der Waals surface area contributed by atoms with Crippen molar-refractivity contribution in [3.63, 3.8) is 0 Å². The van der Waals surface area contributed by atoms with E-state index in [9.17, 15) is 9.13 Å². The van der Waals surface area contributed by atoms with E-state index in [0.717, 1.165) is 19.3 Å². The smallest absolute Gasteiger partial charge is 0.350 e. The normalized spacial score (nSPS) is 46.4. The molecule has 1 heterocycles. The van der Waals surface area contributed by atoms with E-state index in [1.807, 2.05) is 0 Å². The fraction of sp³-hybridized carbons (Fsp3) is 1.00. The zero-order valence-corrected chi connectivity index (χ0v) is 5.77. The van der Waals surface area contributed by atoms with E-state index in [4.69, 9.17) is 4.74 Å². The molecule has 9 heavy (non-hydrogen) atoms. The topological polar surface area (TPSA) is 46.7 Å². The Labute approximate surface area is 53.2 Å². The van der Waals surface area contributed by atoms with Crippen LogP contribution in [0.1, 0.15) is 19.3 Å². The van der Waals surface area contributed by atoms with Crippen LogP contribution in [-0.4, -0.2) is 11.4 Å². The molecule has 1 saturated heterocycles. The van der Waals surface area contributed by atoms with Crippen LogP contribution >= 0.6 is 7.68 Å². The van der Waals surface area contributed by atoms with Gasteiger partial charge in [0, 0.05) is 0 Å². The van der Waals surface area contributed by atoms with Crippen molar-refractivity contribution in [1.82, 2.24) is 0 Å². The van der Waals surface area contributed by atoms with Gasteiger partial charge in [-0.3, -0.25) is 0 Å². The second kappa shape index (κ2) is 1.47. The molecule has 0 amide bonds. The van der Waals surface area contributed by atoms with Gasteiger partial charge in [-0.25, -0.2) is 9.13 Å². The maximum Gasteiger partial charge on any atom is 0.351 e. The van der Waals surface area contributed by atoms with Gasteiger partial charge in [-0.05, 0) is 19.3 Å². The molecular weight excluding hydrogens is 139 g/mol. The van der Waals surface area contributed by atoms with Crippen LogP contribution in [0, 0.1) is 0 Å². The third kappa shape index (κ3) is 0.565. The molecule has 2 rings (SSSR count). The van der Waals surface area contributed by atoms with E-state index in [2.05, 4.69) is 0 Å². The first-order valence-corrected chi connectivity index (χ1v) is 4.26. The summed E-state index contributed by atoms with van der Waals surface area (Å²) in [7, 11) is -2.33. The Hall–Kier alpha value is -0.140. The first kappa shape index (κ1) is 5.63. The Kier molecular flexibility index (Phi) is 0.920. The Morgan fingerprint density at radius 3 is 2.56 bits per heavy atom. The van der Waals surface area contributed by atoms with Crippen LogP contribution < -0.4 is 0 Å². The van der Waals surface area contributed by atoms with Gasteiger partial charge in [0.15, 0.2) is 0 Å². The molecule has 0 radical (unpaired) electrons. The lowest BCUT2D eigenvalue weighted by Crippen LogP contribution is -1.97. The number of fused-ring (bicyclic) bond motifs is 1. The summed E-state index contributed by atoms with van der Waals surface area (Å²) in [6.07, 6.45) is 2.71. The fourth-order valence-corrected chi connectivity index (χ4v) is 2.43. The molecule has 4 heteroatoms. The van der Waals surface area contributed by atoms with E-state index in [1.54, 1.807) is 0 Å². The van der Waals surface area contributed by atoms with Crippen LogP contribution in [0.25, 0.3) is 0 Å². The molecule has 0 aromatic heterocycles. The second-order valence-electron chi connectivity index (χ2n) is 2.60. The first-order valence-electron chi connectivity index (χ1n) is 3.08. The summed E-state index contributed by atoms with van der Waals surface area (Å²) >= 11 is 0. The Bertz CT molecular complexity index is 202. The van der Waals surface area contributed by atoms with Crippen molar-refractivity contribution in [2.75, 3.05) is 0 Å². The number of hydrogen-bond donors (Lipinski definition) is 0. The van der Waals surface area contributed by atoms with Gasteiger partial charge in [0.2, 0.25) is 5.34 Å². The highest BCUT2D eigenvalue weighted by molar-refractivity contribution is 7.33. The second-order valence-corrected chi connectivity index (χ2v) is 3.87. The summed E-state index contributed by atoms with van der Waals surface area (Å²) in [6.45, 7) is 0. The Morgan fingerprint density at radius 2 is 2.33 bits per heavy atom. The van der Waals surface area contributed by atoms with Crippen LogP contribution in [0.15, 0.2) is 0 Å². The predicted octanol–water partition coefficient (Wildman–Crippen LogP) is 1.44. The van der Waals surface area contributed by atoms with Crippen molar-refractivity contribution < 1.29 is 13.9 Å². The number of rotatable bonds is 1. The predicted molar refractivity (Wildman–Crippen MR) is 29.7 cm³/mol. The van der Waals surface area contributed by atoms with Crippen molar-refractivity contribution >= 4 is 7.68 Å². The van der Waals surface area contributed by atoms with Gasteiger partial charge in [-0.1, -0.05) is 0 Å². The molecule has 50 valence electrons. The fourth-order valence-electron chi connectivity index (χ4n) is 1.51. The molecule has 0 N–H and O–H groups in total. The van der Waals surface area contributed by atoms with E-state index < -0.39 is 13.0 Å². The number of hydrogen-bond acceptors (Lipinski definition) is 3. The molecular formula is C5H7O3P. The van der Waals surface area contributed by atoms with Crippen molar-refractivity contribution in [1.29, 1.82) is 0 Å². The standard InChI is InChI=1S/C5H7O3P/c6-9(7)5-3-1-2-4(5)8-5/h4H,1-3H2. The summed E-state index contributed by atoms with van der Waals surface area (Å²) in [4.78, 5) is 0. The molecule has 2 aliphatic rings. The molecule has 0 aromatic rings. The highest BCUT2D eigenvalue weighted by atomic mass is 31.1. The minimum Gasteiger partial charge on any atom is -0.350 e. The summed E-state index contributed by atoms with van der Waals surface area (Å²) in [5.41, 5.74) is 0. The van der Waals surface area contributed by atoms with Crippen LogP contribution in [0.5, 0.6) is 0 Å². The van der Waals surface area contributed by atoms with Gasteiger partial charge in [-0.2, -0.15) is 0 Å². The molecule has 1 aliphatic heterocycles. The lowest BCUT2D eigenvalue weighted by atomic mass is 10.4. The SMILES string of the molecule is O=P(=O)C12CCCC1O2. The lowest BCUT2D eigenvalue weighted by molar-refractivity contribution is 0.295. The van der Waals surface area contributed by atoms with Gasteiger partial charge in [0.25, 0.3) is 0 Å². The average molecular weight is 146 g/mol. The van der Waals surface area contributed by atoms with Crippen molar-refractivity contribution in [2.24, 2.45) is 0 Å². The summed E-state index contributed by atoms with van der Waals surface area (Å²) in [6, 6.07) is 0. The third-order valence-electron chi connectivity index (χ3n) is 2.10. The average Bonchev–Trinajstić information content (AvgIpc) is 2.38. The quantitative estimate of drug-likeness (QED) is 0.415. The van der Waals surface area contributed by atoms with E-state index in [0.29, 0.717) is 0 Å². The molecule has 0 bridgehead atoms. The maximum atomic E-state index is 10.5.